The lowest BCUT2D eigenvalue weighted by atomic mass is 9.81. The number of ether oxygens (including phenoxy) is 1. The molecule has 18 heavy (non-hydrogen) atoms. The largest absolute Gasteiger partial charge is 0.478 e. The van der Waals surface area contributed by atoms with Crippen molar-refractivity contribution in [3.63, 3.8) is 0 Å². The molecule has 0 aromatic rings. The molecule has 0 saturated carbocycles. The highest BCUT2D eigenvalue weighted by Gasteiger charge is 2.50. The molecule has 0 unspecified atom stereocenters. The average molecular weight is 246 g/mol. The summed E-state index contributed by atoms with van der Waals surface area (Å²) >= 11 is 0. The monoisotopic (exact) mass is 246 g/mol. The molecule has 4 heteroatoms. The van der Waals surface area contributed by atoms with Crippen LogP contribution in [-0.2, 0) is 9.53 Å². The number of aliphatic imine (C=N–C) groups is 1. The van der Waals surface area contributed by atoms with Gasteiger partial charge < -0.3 is 9.64 Å². The molecule has 3 rings (SSSR count). The van der Waals surface area contributed by atoms with Crippen LogP contribution >= 0.6 is 0 Å². The Morgan fingerprint density at radius 1 is 1.67 bits per heavy atom. The van der Waals surface area contributed by atoms with Crippen LogP contribution in [0.3, 0.4) is 0 Å². The van der Waals surface area contributed by atoms with Crippen molar-refractivity contribution in [2.24, 2.45) is 10.4 Å². The van der Waals surface area contributed by atoms with Gasteiger partial charge in [-0.3, -0.25) is 9.79 Å². The third-order valence-corrected chi connectivity index (χ3v) is 4.02. The molecule has 3 aliphatic rings. The van der Waals surface area contributed by atoms with Gasteiger partial charge in [0.2, 0.25) is 11.8 Å². The van der Waals surface area contributed by atoms with Gasteiger partial charge in [0, 0.05) is 6.54 Å². The summed E-state index contributed by atoms with van der Waals surface area (Å²) in [5, 5.41) is 0. The summed E-state index contributed by atoms with van der Waals surface area (Å²) in [6.07, 6.45) is 8.35. The number of amides is 1. The van der Waals surface area contributed by atoms with E-state index < -0.39 is 5.41 Å². The molecule has 2 fully saturated rings. The minimum atomic E-state index is -0.723. The molecule has 0 N–H and O–H groups in total. The van der Waals surface area contributed by atoms with Crippen LogP contribution < -0.4 is 0 Å². The minimum absolute atomic E-state index is 0.136. The zero-order valence-electron chi connectivity index (χ0n) is 10.5. The van der Waals surface area contributed by atoms with Crippen LogP contribution in [-0.4, -0.2) is 42.4 Å². The Morgan fingerprint density at radius 3 is 3.39 bits per heavy atom. The SMILES string of the molecule is C=CC[C@]12C=CCN=C1OC[C@@H]1CCCN1C2=O. The second-order valence-corrected chi connectivity index (χ2v) is 5.12. The van der Waals surface area contributed by atoms with E-state index in [1.807, 2.05) is 17.1 Å². The first-order valence-electron chi connectivity index (χ1n) is 6.55. The lowest BCUT2D eigenvalue weighted by molar-refractivity contribution is -0.136. The van der Waals surface area contributed by atoms with Gasteiger partial charge in [-0.15, -0.1) is 6.58 Å². The smallest absolute Gasteiger partial charge is 0.242 e. The van der Waals surface area contributed by atoms with Crippen molar-refractivity contribution >= 4 is 11.8 Å². The van der Waals surface area contributed by atoms with Crippen LogP contribution in [0.4, 0.5) is 0 Å². The van der Waals surface area contributed by atoms with Crippen molar-refractivity contribution in [3.8, 4) is 0 Å². The van der Waals surface area contributed by atoms with Crippen LogP contribution in [0.2, 0.25) is 0 Å². The molecular formula is C14H18N2O2. The molecule has 2 atom stereocenters. The third kappa shape index (κ3) is 1.51. The molecule has 0 radical (unpaired) electrons. The first kappa shape index (κ1) is 11.5. The molecular weight excluding hydrogens is 228 g/mol. The normalized spacial score (nSPS) is 34.2. The number of rotatable bonds is 2. The lowest BCUT2D eigenvalue weighted by Gasteiger charge is -2.32. The van der Waals surface area contributed by atoms with E-state index in [9.17, 15) is 4.79 Å². The van der Waals surface area contributed by atoms with Gasteiger partial charge >= 0.3 is 0 Å². The molecule has 0 bridgehead atoms. The number of hydrogen-bond acceptors (Lipinski definition) is 3. The molecule has 2 saturated heterocycles. The van der Waals surface area contributed by atoms with Crippen LogP contribution in [0, 0.1) is 5.41 Å². The molecule has 3 heterocycles. The van der Waals surface area contributed by atoms with Gasteiger partial charge in [-0.2, -0.15) is 0 Å². The average Bonchev–Trinajstić information content (AvgIpc) is 2.81. The quantitative estimate of drug-likeness (QED) is 0.693. The van der Waals surface area contributed by atoms with E-state index in [1.54, 1.807) is 6.08 Å². The fraction of sp³-hybridized carbons (Fsp3) is 0.571. The van der Waals surface area contributed by atoms with E-state index in [-0.39, 0.29) is 11.9 Å². The van der Waals surface area contributed by atoms with Crippen LogP contribution in [0.5, 0.6) is 0 Å². The predicted molar refractivity (Wildman–Crippen MR) is 69.4 cm³/mol. The van der Waals surface area contributed by atoms with E-state index in [2.05, 4.69) is 11.6 Å². The van der Waals surface area contributed by atoms with Gasteiger partial charge in [0.15, 0.2) is 0 Å². The molecule has 0 aromatic heterocycles. The topological polar surface area (TPSA) is 41.9 Å². The Labute approximate surface area is 107 Å². The zero-order chi connectivity index (χ0) is 12.6. The summed E-state index contributed by atoms with van der Waals surface area (Å²) in [5.41, 5.74) is -0.723. The molecule has 0 spiro atoms. The van der Waals surface area contributed by atoms with E-state index in [4.69, 9.17) is 4.74 Å². The number of allylic oxidation sites excluding steroid dienone is 1. The highest BCUT2D eigenvalue weighted by Crippen LogP contribution is 2.37. The standard InChI is InChI=1S/C14H18N2O2/c1-2-6-14-7-4-8-15-12(14)18-10-11-5-3-9-16(11)13(14)17/h2,4,7,11H,1,3,5-6,8-10H2/t11-,14-/m0/s1. The van der Waals surface area contributed by atoms with Crippen molar-refractivity contribution in [3.05, 3.63) is 24.8 Å². The number of carbonyl (C=O) groups is 1. The Hall–Kier alpha value is -1.58. The third-order valence-electron chi connectivity index (χ3n) is 4.02. The Bertz CT molecular complexity index is 441. The number of carbonyl (C=O) groups excluding carboxylic acids is 1. The fourth-order valence-corrected chi connectivity index (χ4v) is 3.12. The maximum Gasteiger partial charge on any atom is 0.242 e. The van der Waals surface area contributed by atoms with Gasteiger partial charge in [0.25, 0.3) is 0 Å². The molecule has 4 nitrogen and oxygen atoms in total. The van der Waals surface area contributed by atoms with Crippen LogP contribution in [0.15, 0.2) is 29.8 Å². The molecule has 0 aromatic carbocycles. The summed E-state index contributed by atoms with van der Waals surface area (Å²) in [4.78, 5) is 19.2. The predicted octanol–water partition coefficient (Wildman–Crippen LogP) is 1.54. The fourth-order valence-electron chi connectivity index (χ4n) is 3.12. The highest BCUT2D eigenvalue weighted by atomic mass is 16.5. The van der Waals surface area contributed by atoms with E-state index in [1.165, 1.54) is 0 Å². The number of dihydropyridines is 1. The molecule has 1 amide bonds. The van der Waals surface area contributed by atoms with Crippen LogP contribution in [0.1, 0.15) is 19.3 Å². The number of fused-ring (bicyclic) bond motifs is 2. The second-order valence-electron chi connectivity index (χ2n) is 5.12. The van der Waals surface area contributed by atoms with Gasteiger partial charge in [-0.05, 0) is 19.3 Å². The number of nitrogens with zero attached hydrogens (tertiary/aromatic N) is 2. The first-order valence-corrected chi connectivity index (χ1v) is 6.55. The summed E-state index contributed by atoms with van der Waals surface area (Å²) in [6.45, 7) is 5.80. The molecule has 96 valence electrons. The van der Waals surface area contributed by atoms with E-state index >= 15 is 0 Å². The first-order chi connectivity index (χ1) is 8.78. The van der Waals surface area contributed by atoms with E-state index in [0.29, 0.717) is 25.5 Å². The second kappa shape index (κ2) is 4.26. The maximum absolute atomic E-state index is 12.8. The van der Waals surface area contributed by atoms with Crippen molar-refractivity contribution < 1.29 is 9.53 Å². The van der Waals surface area contributed by atoms with Gasteiger partial charge in [-0.1, -0.05) is 18.2 Å². The van der Waals surface area contributed by atoms with E-state index in [0.717, 1.165) is 19.4 Å². The van der Waals surface area contributed by atoms with Gasteiger partial charge in [0.1, 0.15) is 12.0 Å². The summed E-state index contributed by atoms with van der Waals surface area (Å²) in [6, 6.07) is 0.223. The minimum Gasteiger partial charge on any atom is -0.478 e. The molecule has 0 aliphatic carbocycles. The summed E-state index contributed by atoms with van der Waals surface area (Å²) in [7, 11) is 0. The Kier molecular flexibility index (Phi) is 2.73. The van der Waals surface area contributed by atoms with Crippen LogP contribution in [0.25, 0.3) is 0 Å². The van der Waals surface area contributed by atoms with Crippen molar-refractivity contribution in [2.75, 3.05) is 19.7 Å². The van der Waals surface area contributed by atoms with Crippen molar-refractivity contribution in [1.82, 2.24) is 4.90 Å². The maximum atomic E-state index is 12.8. The summed E-state index contributed by atoms with van der Waals surface area (Å²) < 4.78 is 5.84. The Morgan fingerprint density at radius 2 is 2.56 bits per heavy atom. The molecule has 3 aliphatic heterocycles. The lowest BCUT2D eigenvalue weighted by Crippen LogP contribution is -2.47. The highest BCUT2D eigenvalue weighted by molar-refractivity contribution is 6.08. The summed E-state index contributed by atoms with van der Waals surface area (Å²) in [5.74, 6) is 0.724. The Balaban J connectivity index is 2.04. The van der Waals surface area contributed by atoms with Gasteiger partial charge in [0.05, 0.1) is 12.6 Å². The van der Waals surface area contributed by atoms with Crippen molar-refractivity contribution in [1.29, 1.82) is 0 Å². The van der Waals surface area contributed by atoms with Crippen molar-refractivity contribution in [2.45, 2.75) is 25.3 Å². The number of hydrogen-bond donors (Lipinski definition) is 0. The van der Waals surface area contributed by atoms with Gasteiger partial charge in [-0.25, -0.2) is 0 Å². The zero-order valence-corrected chi connectivity index (χ0v) is 10.5.